The van der Waals surface area contributed by atoms with Crippen LogP contribution in [0.3, 0.4) is 0 Å². The Kier molecular flexibility index (Phi) is 3.66. The van der Waals surface area contributed by atoms with E-state index >= 15 is 0 Å². The Labute approximate surface area is 106 Å². The molecule has 0 atom stereocenters. The van der Waals surface area contributed by atoms with Crippen molar-refractivity contribution in [3.63, 3.8) is 0 Å². The van der Waals surface area contributed by atoms with Crippen LogP contribution in [0.4, 0.5) is 0 Å². The van der Waals surface area contributed by atoms with Gasteiger partial charge in [-0.15, -0.1) is 11.8 Å². The van der Waals surface area contributed by atoms with Crippen LogP contribution < -0.4 is 0 Å². The van der Waals surface area contributed by atoms with Crippen molar-refractivity contribution in [1.82, 2.24) is 4.90 Å². The number of benzene rings is 1. The van der Waals surface area contributed by atoms with E-state index in [2.05, 4.69) is 15.9 Å². The highest BCUT2D eigenvalue weighted by Crippen LogP contribution is 2.17. The smallest absolute Gasteiger partial charge is 0.239 e. The van der Waals surface area contributed by atoms with Gasteiger partial charge < -0.3 is 0 Å². The summed E-state index contributed by atoms with van der Waals surface area (Å²) < 4.78 is 0.955. The molecule has 0 unspecified atom stereocenters. The van der Waals surface area contributed by atoms with Crippen molar-refractivity contribution in [3.05, 3.63) is 34.3 Å². The molecule has 1 saturated heterocycles. The van der Waals surface area contributed by atoms with Crippen molar-refractivity contribution in [2.24, 2.45) is 0 Å². The Hall–Kier alpha value is -0.810. The van der Waals surface area contributed by atoms with Crippen molar-refractivity contribution in [1.29, 1.82) is 0 Å². The van der Waals surface area contributed by atoms with Gasteiger partial charge in [-0.2, -0.15) is 0 Å². The highest BCUT2D eigenvalue weighted by Gasteiger charge is 2.26. The van der Waals surface area contributed by atoms with Gasteiger partial charge in [0.2, 0.25) is 11.8 Å². The van der Waals surface area contributed by atoms with Gasteiger partial charge in [0.1, 0.15) is 0 Å². The van der Waals surface area contributed by atoms with Crippen molar-refractivity contribution in [3.8, 4) is 0 Å². The maximum atomic E-state index is 11.6. The molecule has 1 heterocycles. The van der Waals surface area contributed by atoms with E-state index in [1.54, 1.807) is 0 Å². The number of imide groups is 1. The van der Waals surface area contributed by atoms with E-state index in [0.29, 0.717) is 18.1 Å². The zero-order valence-corrected chi connectivity index (χ0v) is 10.9. The summed E-state index contributed by atoms with van der Waals surface area (Å²) in [7, 11) is 0. The van der Waals surface area contributed by atoms with Gasteiger partial charge >= 0.3 is 0 Å². The summed E-state index contributed by atoms with van der Waals surface area (Å²) in [5, 5.41) is 0. The second kappa shape index (κ2) is 5.01. The number of nitrogens with zero attached hydrogens (tertiary/aromatic N) is 1. The van der Waals surface area contributed by atoms with E-state index in [1.165, 1.54) is 16.7 Å². The van der Waals surface area contributed by atoms with Gasteiger partial charge in [0.25, 0.3) is 0 Å². The highest BCUT2D eigenvalue weighted by molar-refractivity contribution is 9.10. The molecule has 3 nitrogen and oxygen atoms in total. The predicted molar refractivity (Wildman–Crippen MR) is 67.0 cm³/mol. The highest BCUT2D eigenvalue weighted by atomic mass is 79.9. The minimum absolute atomic E-state index is 0.0961. The van der Waals surface area contributed by atoms with E-state index < -0.39 is 0 Å². The Morgan fingerprint density at radius 3 is 2.56 bits per heavy atom. The molecule has 0 aromatic heterocycles. The quantitative estimate of drug-likeness (QED) is 0.785. The molecule has 1 aromatic rings. The minimum Gasteiger partial charge on any atom is -0.277 e. The Morgan fingerprint density at radius 1 is 1.25 bits per heavy atom. The number of carbonyl (C=O) groups is 2. The SMILES string of the molecule is O=C1CSCC(=O)N1Cc1cccc(Br)c1. The molecule has 16 heavy (non-hydrogen) atoms. The fourth-order valence-electron chi connectivity index (χ4n) is 1.51. The van der Waals surface area contributed by atoms with Gasteiger partial charge in [0.05, 0.1) is 18.1 Å². The Bertz CT molecular complexity index is 420. The zero-order valence-electron chi connectivity index (χ0n) is 8.48. The molecule has 0 saturated carbocycles. The first-order valence-electron chi connectivity index (χ1n) is 4.82. The molecular weight excluding hydrogens is 290 g/mol. The molecular formula is C11H10BrNO2S. The van der Waals surface area contributed by atoms with E-state index in [-0.39, 0.29) is 11.8 Å². The maximum absolute atomic E-state index is 11.6. The van der Waals surface area contributed by atoms with Crippen LogP contribution in [0.1, 0.15) is 5.56 Å². The van der Waals surface area contributed by atoms with Crippen LogP contribution >= 0.6 is 27.7 Å². The number of hydrogen-bond acceptors (Lipinski definition) is 3. The van der Waals surface area contributed by atoms with Crippen molar-refractivity contribution in [2.75, 3.05) is 11.5 Å². The standard InChI is InChI=1S/C11H10BrNO2S/c12-9-3-1-2-8(4-9)5-13-10(14)6-16-7-11(13)15/h1-4H,5-7H2. The molecule has 0 bridgehead atoms. The topological polar surface area (TPSA) is 37.4 Å². The average Bonchev–Trinajstić information content (AvgIpc) is 2.24. The second-order valence-corrected chi connectivity index (χ2v) is 5.40. The summed E-state index contributed by atoms with van der Waals surface area (Å²) in [6.45, 7) is 0.373. The van der Waals surface area contributed by atoms with Crippen LogP contribution in [-0.4, -0.2) is 28.2 Å². The maximum Gasteiger partial charge on any atom is 0.239 e. The molecule has 1 aromatic carbocycles. The van der Waals surface area contributed by atoms with Gasteiger partial charge in [0, 0.05) is 4.47 Å². The summed E-state index contributed by atoms with van der Waals surface area (Å²) in [4.78, 5) is 24.5. The first-order chi connectivity index (χ1) is 7.66. The van der Waals surface area contributed by atoms with Crippen molar-refractivity contribution < 1.29 is 9.59 Å². The fourth-order valence-corrected chi connectivity index (χ4v) is 2.72. The summed E-state index contributed by atoms with van der Waals surface area (Å²) in [5.74, 6) is 0.613. The van der Waals surface area contributed by atoms with E-state index in [4.69, 9.17) is 0 Å². The van der Waals surface area contributed by atoms with Crippen LogP contribution in [0.2, 0.25) is 0 Å². The Balaban J connectivity index is 2.13. The van der Waals surface area contributed by atoms with Gasteiger partial charge in [0.15, 0.2) is 0 Å². The third-order valence-corrected chi connectivity index (χ3v) is 3.68. The third-order valence-electron chi connectivity index (χ3n) is 2.28. The number of rotatable bonds is 2. The van der Waals surface area contributed by atoms with Crippen LogP contribution in [0.15, 0.2) is 28.7 Å². The summed E-state index contributed by atoms with van der Waals surface area (Å²) in [6.07, 6.45) is 0. The molecule has 5 heteroatoms. The first-order valence-corrected chi connectivity index (χ1v) is 6.77. The minimum atomic E-state index is -0.0961. The van der Waals surface area contributed by atoms with Gasteiger partial charge in [-0.3, -0.25) is 14.5 Å². The second-order valence-electron chi connectivity index (χ2n) is 3.50. The number of hydrogen-bond donors (Lipinski definition) is 0. The monoisotopic (exact) mass is 299 g/mol. The van der Waals surface area contributed by atoms with Gasteiger partial charge in [-0.05, 0) is 17.7 Å². The van der Waals surface area contributed by atoms with Crippen molar-refractivity contribution in [2.45, 2.75) is 6.54 Å². The van der Waals surface area contributed by atoms with Crippen LogP contribution in [0, 0.1) is 0 Å². The molecule has 1 aliphatic rings. The summed E-state index contributed by atoms with van der Waals surface area (Å²) in [5.41, 5.74) is 0.961. The summed E-state index contributed by atoms with van der Waals surface area (Å²) in [6, 6.07) is 7.64. The van der Waals surface area contributed by atoms with E-state index in [9.17, 15) is 9.59 Å². The molecule has 1 fully saturated rings. The molecule has 84 valence electrons. The van der Waals surface area contributed by atoms with E-state index in [0.717, 1.165) is 10.0 Å². The predicted octanol–water partition coefficient (Wildman–Crippen LogP) is 2.05. The van der Waals surface area contributed by atoms with Crippen LogP contribution in [0.25, 0.3) is 0 Å². The third kappa shape index (κ3) is 2.65. The lowest BCUT2D eigenvalue weighted by molar-refractivity contribution is -0.142. The van der Waals surface area contributed by atoms with Crippen LogP contribution in [0.5, 0.6) is 0 Å². The van der Waals surface area contributed by atoms with Gasteiger partial charge in [-0.1, -0.05) is 28.1 Å². The Morgan fingerprint density at radius 2 is 1.94 bits per heavy atom. The lowest BCUT2D eigenvalue weighted by Crippen LogP contribution is -2.42. The molecule has 2 rings (SSSR count). The zero-order chi connectivity index (χ0) is 11.5. The molecule has 0 aliphatic carbocycles. The molecule has 2 amide bonds. The number of carbonyl (C=O) groups excluding carboxylic acids is 2. The molecule has 0 radical (unpaired) electrons. The van der Waals surface area contributed by atoms with E-state index in [1.807, 2.05) is 24.3 Å². The average molecular weight is 300 g/mol. The lowest BCUT2D eigenvalue weighted by atomic mass is 10.2. The van der Waals surface area contributed by atoms with Gasteiger partial charge in [-0.25, -0.2) is 0 Å². The lowest BCUT2D eigenvalue weighted by Gasteiger charge is -2.24. The van der Waals surface area contributed by atoms with Crippen molar-refractivity contribution >= 4 is 39.5 Å². The number of amides is 2. The normalized spacial score (nSPS) is 16.7. The number of thioether (sulfide) groups is 1. The fraction of sp³-hybridized carbons (Fsp3) is 0.273. The molecule has 1 aliphatic heterocycles. The number of halogens is 1. The first kappa shape index (κ1) is 11.7. The molecule has 0 N–H and O–H groups in total. The largest absolute Gasteiger partial charge is 0.277 e. The van der Waals surface area contributed by atoms with Crippen LogP contribution in [-0.2, 0) is 16.1 Å². The molecule has 0 spiro atoms. The summed E-state index contributed by atoms with van der Waals surface area (Å²) >= 11 is 4.74.